The van der Waals surface area contributed by atoms with E-state index in [-0.39, 0.29) is 0 Å². The summed E-state index contributed by atoms with van der Waals surface area (Å²) in [5.74, 6) is 2.52. The topological polar surface area (TPSA) is 49.8 Å². The van der Waals surface area contributed by atoms with Gasteiger partial charge in [0.25, 0.3) is 0 Å². The van der Waals surface area contributed by atoms with E-state index >= 15 is 0 Å². The Labute approximate surface area is 104 Å². The van der Waals surface area contributed by atoms with E-state index in [1.54, 1.807) is 6.20 Å². The molecule has 2 N–H and O–H groups in total. The van der Waals surface area contributed by atoms with Crippen molar-refractivity contribution in [2.24, 2.45) is 5.92 Å². The molecule has 1 saturated carbocycles. The van der Waals surface area contributed by atoms with Gasteiger partial charge < -0.3 is 10.6 Å². The Morgan fingerprint density at radius 3 is 3.00 bits per heavy atom. The van der Waals surface area contributed by atoms with Crippen LogP contribution in [0.15, 0.2) is 10.7 Å². The Kier molecular flexibility index (Phi) is 3.98. The Balaban J connectivity index is 1.81. The fraction of sp³-hybridized carbons (Fsp3) is 0.636. The van der Waals surface area contributed by atoms with Gasteiger partial charge in [-0.25, -0.2) is 4.98 Å². The molecular formula is C11H17BrN4. The zero-order chi connectivity index (χ0) is 11.4. The second-order valence-electron chi connectivity index (χ2n) is 4.15. The van der Waals surface area contributed by atoms with Crippen LogP contribution in [0, 0.1) is 5.92 Å². The molecule has 0 radical (unpaired) electrons. The normalized spacial score (nSPS) is 14.9. The van der Waals surface area contributed by atoms with Gasteiger partial charge in [-0.15, -0.1) is 0 Å². The summed E-state index contributed by atoms with van der Waals surface area (Å²) in [4.78, 5) is 8.46. The summed E-state index contributed by atoms with van der Waals surface area (Å²) in [6, 6.07) is 0. The van der Waals surface area contributed by atoms with Crippen LogP contribution in [0.1, 0.15) is 25.7 Å². The Hall–Kier alpha value is -0.840. The lowest BCUT2D eigenvalue weighted by molar-refractivity contribution is 0.686. The number of rotatable bonds is 6. The third-order valence-corrected chi connectivity index (χ3v) is 3.33. The number of aromatic nitrogens is 2. The van der Waals surface area contributed by atoms with Crippen molar-refractivity contribution in [2.45, 2.75) is 25.7 Å². The molecule has 1 heterocycles. The second-order valence-corrected chi connectivity index (χ2v) is 5.01. The molecule has 0 saturated heterocycles. The molecule has 4 nitrogen and oxygen atoms in total. The van der Waals surface area contributed by atoms with E-state index in [0.717, 1.165) is 22.8 Å². The van der Waals surface area contributed by atoms with Gasteiger partial charge in [-0.1, -0.05) is 12.8 Å². The highest BCUT2D eigenvalue weighted by Crippen LogP contribution is 2.33. The van der Waals surface area contributed by atoms with Crippen molar-refractivity contribution in [3.63, 3.8) is 0 Å². The van der Waals surface area contributed by atoms with Gasteiger partial charge in [0, 0.05) is 19.8 Å². The molecule has 88 valence electrons. The van der Waals surface area contributed by atoms with Gasteiger partial charge in [0.15, 0.2) is 0 Å². The van der Waals surface area contributed by atoms with Gasteiger partial charge in [-0.3, -0.25) is 0 Å². The van der Waals surface area contributed by atoms with Crippen LogP contribution in [-0.2, 0) is 0 Å². The van der Waals surface area contributed by atoms with Crippen molar-refractivity contribution in [3.8, 4) is 0 Å². The van der Waals surface area contributed by atoms with E-state index in [9.17, 15) is 0 Å². The Morgan fingerprint density at radius 2 is 2.31 bits per heavy atom. The molecule has 1 aromatic rings. The maximum atomic E-state index is 4.34. The van der Waals surface area contributed by atoms with Crippen LogP contribution in [-0.4, -0.2) is 23.6 Å². The van der Waals surface area contributed by atoms with Crippen LogP contribution in [0.2, 0.25) is 0 Å². The molecule has 0 amide bonds. The quantitative estimate of drug-likeness (QED) is 0.789. The lowest BCUT2D eigenvalue weighted by atomic mass is 10.2. The number of nitrogens with zero attached hydrogens (tertiary/aromatic N) is 2. The molecule has 0 unspecified atom stereocenters. The minimum Gasteiger partial charge on any atom is -0.369 e. The molecule has 1 aliphatic carbocycles. The van der Waals surface area contributed by atoms with Gasteiger partial charge in [0.1, 0.15) is 5.82 Å². The van der Waals surface area contributed by atoms with E-state index in [2.05, 4.69) is 36.5 Å². The van der Waals surface area contributed by atoms with Crippen LogP contribution in [0.3, 0.4) is 0 Å². The van der Waals surface area contributed by atoms with Crippen molar-refractivity contribution in [1.29, 1.82) is 0 Å². The van der Waals surface area contributed by atoms with E-state index in [4.69, 9.17) is 0 Å². The molecule has 0 aliphatic heterocycles. The zero-order valence-electron chi connectivity index (χ0n) is 9.46. The smallest absolute Gasteiger partial charge is 0.224 e. The molecule has 5 heteroatoms. The summed E-state index contributed by atoms with van der Waals surface area (Å²) < 4.78 is 0.915. The summed E-state index contributed by atoms with van der Waals surface area (Å²) in [6.45, 7) is 0.981. The summed E-state index contributed by atoms with van der Waals surface area (Å²) in [6.07, 6.45) is 7.19. The number of anilines is 2. The lowest BCUT2D eigenvalue weighted by Gasteiger charge is -2.08. The third-order valence-electron chi connectivity index (χ3n) is 2.75. The minimum atomic E-state index is 0.646. The molecule has 16 heavy (non-hydrogen) atoms. The van der Waals surface area contributed by atoms with E-state index in [1.165, 1.54) is 25.7 Å². The Morgan fingerprint density at radius 1 is 1.50 bits per heavy atom. The van der Waals surface area contributed by atoms with Crippen LogP contribution < -0.4 is 10.6 Å². The highest BCUT2D eigenvalue weighted by atomic mass is 79.9. The Bertz CT molecular complexity index is 352. The van der Waals surface area contributed by atoms with Crippen LogP contribution in [0.5, 0.6) is 0 Å². The first-order valence-corrected chi connectivity index (χ1v) is 6.53. The molecule has 1 fully saturated rings. The maximum absolute atomic E-state index is 4.34. The first-order valence-electron chi connectivity index (χ1n) is 5.73. The largest absolute Gasteiger partial charge is 0.369 e. The maximum Gasteiger partial charge on any atom is 0.224 e. The summed E-state index contributed by atoms with van der Waals surface area (Å²) in [5.41, 5.74) is 0. The van der Waals surface area contributed by atoms with E-state index < -0.39 is 0 Å². The van der Waals surface area contributed by atoms with E-state index in [1.807, 2.05) is 7.05 Å². The fourth-order valence-corrected chi connectivity index (χ4v) is 1.95. The lowest BCUT2D eigenvalue weighted by Crippen LogP contribution is -2.06. The number of hydrogen-bond donors (Lipinski definition) is 2. The number of halogens is 1. The first-order chi connectivity index (χ1) is 7.79. The number of hydrogen-bond acceptors (Lipinski definition) is 4. The average Bonchev–Trinajstić information content (AvgIpc) is 3.10. The zero-order valence-corrected chi connectivity index (χ0v) is 11.0. The van der Waals surface area contributed by atoms with Gasteiger partial charge in [-0.2, -0.15) is 4.98 Å². The van der Waals surface area contributed by atoms with E-state index in [0.29, 0.717) is 5.95 Å². The van der Waals surface area contributed by atoms with Gasteiger partial charge >= 0.3 is 0 Å². The molecule has 1 aliphatic rings. The SMILES string of the molecule is CNc1ncc(Br)c(NCCCC2CC2)n1. The monoisotopic (exact) mass is 284 g/mol. The third kappa shape index (κ3) is 3.33. The van der Waals surface area contributed by atoms with Gasteiger partial charge in [0.05, 0.1) is 4.47 Å². The van der Waals surface area contributed by atoms with Gasteiger partial charge in [0.2, 0.25) is 5.95 Å². The molecule has 0 bridgehead atoms. The molecule has 0 spiro atoms. The fourth-order valence-electron chi connectivity index (χ4n) is 1.62. The predicted octanol–water partition coefficient (Wildman–Crippen LogP) is 2.88. The van der Waals surface area contributed by atoms with Crippen LogP contribution in [0.25, 0.3) is 0 Å². The van der Waals surface area contributed by atoms with Crippen molar-refractivity contribution in [3.05, 3.63) is 10.7 Å². The molecule has 0 aromatic carbocycles. The number of nitrogens with one attached hydrogen (secondary N) is 2. The van der Waals surface area contributed by atoms with Crippen molar-refractivity contribution >= 4 is 27.7 Å². The summed E-state index contributed by atoms with van der Waals surface area (Å²) in [7, 11) is 1.82. The summed E-state index contributed by atoms with van der Waals surface area (Å²) >= 11 is 3.44. The minimum absolute atomic E-state index is 0.646. The standard InChI is InChI=1S/C11H17BrN4/c1-13-11-15-7-9(12)10(16-11)14-6-2-3-8-4-5-8/h7-8H,2-6H2,1H3,(H2,13,14,15,16). The van der Waals surface area contributed by atoms with Crippen molar-refractivity contribution < 1.29 is 0 Å². The molecule has 1 aromatic heterocycles. The highest BCUT2D eigenvalue weighted by molar-refractivity contribution is 9.10. The second kappa shape index (κ2) is 5.48. The van der Waals surface area contributed by atoms with Crippen molar-refractivity contribution in [1.82, 2.24) is 9.97 Å². The molecule has 0 atom stereocenters. The molecule has 2 rings (SSSR count). The van der Waals surface area contributed by atoms with Crippen LogP contribution in [0.4, 0.5) is 11.8 Å². The van der Waals surface area contributed by atoms with Crippen molar-refractivity contribution in [2.75, 3.05) is 24.2 Å². The average molecular weight is 285 g/mol. The summed E-state index contributed by atoms with van der Waals surface area (Å²) in [5, 5.41) is 6.26. The molecular weight excluding hydrogens is 268 g/mol. The predicted molar refractivity (Wildman–Crippen MR) is 69.7 cm³/mol. The highest BCUT2D eigenvalue weighted by Gasteiger charge is 2.19. The van der Waals surface area contributed by atoms with Gasteiger partial charge in [-0.05, 0) is 34.7 Å². The first kappa shape index (κ1) is 11.6. The van der Waals surface area contributed by atoms with Crippen LogP contribution >= 0.6 is 15.9 Å².